The van der Waals surface area contributed by atoms with E-state index >= 15 is 0 Å². The molecule has 0 aliphatic heterocycles. The molecule has 0 heterocycles. The molecule has 0 saturated heterocycles. The molecule has 0 amide bonds. The monoisotopic (exact) mass is 278 g/mol. The van der Waals surface area contributed by atoms with Gasteiger partial charge in [-0.1, -0.05) is 41.6 Å². The lowest BCUT2D eigenvalue weighted by atomic mass is 10.1. The molecule has 0 N–H and O–H groups in total. The molecule has 5 heteroatoms. The summed E-state index contributed by atoms with van der Waals surface area (Å²) < 4.78 is 38.0. The maximum absolute atomic E-state index is 12.7. The van der Waals surface area contributed by atoms with E-state index in [-0.39, 0.29) is 23.6 Å². The molecule has 20 heavy (non-hydrogen) atoms. The Labute approximate surface area is 114 Å². The largest absolute Gasteiger partial charge is 0.390 e. The number of alkyl halides is 2. The van der Waals surface area contributed by atoms with Crippen molar-refractivity contribution in [2.75, 3.05) is 0 Å². The van der Waals surface area contributed by atoms with Gasteiger partial charge in [0.05, 0.1) is 0 Å². The third-order valence-corrected chi connectivity index (χ3v) is 2.57. The molecular formula is C15H11F3NO. The van der Waals surface area contributed by atoms with Crippen LogP contribution in [0.25, 0.3) is 0 Å². The average Bonchev–Trinajstić information content (AvgIpc) is 2.46. The maximum Gasteiger partial charge on any atom is 0.264 e. The van der Waals surface area contributed by atoms with Crippen LogP contribution in [0.1, 0.15) is 23.1 Å². The van der Waals surface area contributed by atoms with Gasteiger partial charge in [-0.2, -0.15) is 0 Å². The van der Waals surface area contributed by atoms with E-state index < -0.39 is 6.43 Å². The summed E-state index contributed by atoms with van der Waals surface area (Å²) in [6.45, 7) is 0.115. The van der Waals surface area contributed by atoms with E-state index in [2.05, 4.69) is 11.4 Å². The molecule has 0 aliphatic rings. The standard InChI is InChI=1S/C15H11F3NO/c16-13-7-5-11(6-8-13)10-20-19-9-12-3-1-2-4-14(12)15(17)18/h1-8,15H,10H2. The van der Waals surface area contributed by atoms with E-state index in [0.29, 0.717) is 0 Å². The third kappa shape index (κ3) is 3.85. The van der Waals surface area contributed by atoms with Gasteiger partial charge >= 0.3 is 0 Å². The molecule has 2 aromatic rings. The zero-order chi connectivity index (χ0) is 14.4. The van der Waals surface area contributed by atoms with Crippen molar-refractivity contribution in [1.82, 2.24) is 0 Å². The molecule has 103 valence electrons. The van der Waals surface area contributed by atoms with E-state index in [4.69, 9.17) is 4.84 Å². The van der Waals surface area contributed by atoms with Gasteiger partial charge in [-0.15, -0.1) is 0 Å². The number of nitrogens with zero attached hydrogens (tertiary/aromatic N) is 1. The van der Waals surface area contributed by atoms with Crippen molar-refractivity contribution in [2.45, 2.75) is 13.0 Å². The van der Waals surface area contributed by atoms with Crippen molar-refractivity contribution in [1.29, 1.82) is 0 Å². The molecule has 0 unspecified atom stereocenters. The summed E-state index contributed by atoms with van der Waals surface area (Å²) in [6, 6.07) is 11.6. The zero-order valence-electron chi connectivity index (χ0n) is 10.4. The summed E-state index contributed by atoms with van der Waals surface area (Å²) >= 11 is 0. The SMILES string of the molecule is Fc1ccc(CO/N=[C]\c2ccccc2C(F)F)cc1. The van der Waals surface area contributed by atoms with E-state index in [1.165, 1.54) is 30.3 Å². The van der Waals surface area contributed by atoms with Gasteiger partial charge < -0.3 is 4.84 Å². The Balaban J connectivity index is 1.95. The second-order valence-corrected chi connectivity index (χ2v) is 3.99. The van der Waals surface area contributed by atoms with Crippen LogP contribution in [-0.4, -0.2) is 6.21 Å². The lowest BCUT2D eigenvalue weighted by Gasteiger charge is -2.03. The Kier molecular flexibility index (Phi) is 4.76. The normalized spacial score (nSPS) is 11.2. The lowest BCUT2D eigenvalue weighted by molar-refractivity contribution is 0.131. The minimum absolute atomic E-state index is 0.115. The first-order valence-corrected chi connectivity index (χ1v) is 5.86. The van der Waals surface area contributed by atoms with E-state index in [0.717, 1.165) is 5.56 Å². The van der Waals surface area contributed by atoms with Crippen LogP contribution < -0.4 is 0 Å². The molecule has 0 aliphatic carbocycles. The lowest BCUT2D eigenvalue weighted by Crippen LogP contribution is -1.94. The smallest absolute Gasteiger partial charge is 0.264 e. The number of benzene rings is 2. The van der Waals surface area contributed by atoms with Gasteiger partial charge in [-0.3, -0.25) is 0 Å². The quantitative estimate of drug-likeness (QED) is 0.593. The summed E-state index contributed by atoms with van der Waals surface area (Å²) in [5.74, 6) is -0.338. The van der Waals surface area contributed by atoms with Crippen LogP contribution in [0.4, 0.5) is 13.2 Å². The maximum atomic E-state index is 12.7. The topological polar surface area (TPSA) is 21.6 Å². The number of hydrogen-bond acceptors (Lipinski definition) is 2. The highest BCUT2D eigenvalue weighted by atomic mass is 19.3. The van der Waals surface area contributed by atoms with Crippen molar-refractivity contribution < 1.29 is 18.0 Å². The summed E-state index contributed by atoms with van der Waals surface area (Å²) in [5, 5.41) is 3.53. The fraction of sp³-hybridized carbons (Fsp3) is 0.133. The highest BCUT2D eigenvalue weighted by Crippen LogP contribution is 2.21. The van der Waals surface area contributed by atoms with Gasteiger partial charge in [-0.25, -0.2) is 13.2 Å². The molecule has 1 radical (unpaired) electrons. The Bertz CT molecular complexity index is 582. The summed E-state index contributed by atoms with van der Waals surface area (Å²) in [5.41, 5.74) is 0.752. The van der Waals surface area contributed by atoms with Crippen LogP contribution in [0, 0.1) is 5.82 Å². The molecule has 0 saturated carbocycles. The van der Waals surface area contributed by atoms with Crippen LogP contribution in [0.5, 0.6) is 0 Å². The summed E-state index contributed by atoms with van der Waals surface area (Å²) in [4.78, 5) is 4.94. The second-order valence-electron chi connectivity index (χ2n) is 3.99. The first kappa shape index (κ1) is 14.1. The van der Waals surface area contributed by atoms with Gasteiger partial charge in [0.15, 0.2) is 0 Å². The van der Waals surface area contributed by atoms with Gasteiger partial charge in [0.25, 0.3) is 6.43 Å². The summed E-state index contributed by atoms with van der Waals surface area (Å²) in [6.07, 6.45) is -0.167. The van der Waals surface area contributed by atoms with Crippen LogP contribution in [-0.2, 0) is 11.4 Å². The molecule has 2 nitrogen and oxygen atoms in total. The van der Waals surface area contributed by atoms with Crippen molar-refractivity contribution in [3.05, 3.63) is 71.0 Å². The Hall–Kier alpha value is -2.30. The van der Waals surface area contributed by atoms with Crippen molar-refractivity contribution in [3.63, 3.8) is 0 Å². The second kappa shape index (κ2) is 6.75. The molecule has 0 aromatic heterocycles. The van der Waals surface area contributed by atoms with Crippen LogP contribution in [0.3, 0.4) is 0 Å². The predicted molar refractivity (Wildman–Crippen MR) is 69.1 cm³/mol. The third-order valence-electron chi connectivity index (χ3n) is 2.57. The molecular weight excluding hydrogens is 267 g/mol. The fourth-order valence-corrected chi connectivity index (χ4v) is 1.56. The molecule has 0 spiro atoms. The van der Waals surface area contributed by atoms with Gasteiger partial charge in [0.2, 0.25) is 0 Å². The van der Waals surface area contributed by atoms with Crippen molar-refractivity contribution in [3.8, 4) is 0 Å². The fourth-order valence-electron chi connectivity index (χ4n) is 1.56. The average molecular weight is 278 g/mol. The molecule has 0 atom stereocenters. The van der Waals surface area contributed by atoms with Gasteiger partial charge in [0.1, 0.15) is 18.6 Å². The Morgan fingerprint density at radius 3 is 2.45 bits per heavy atom. The van der Waals surface area contributed by atoms with Crippen LogP contribution in [0.2, 0.25) is 0 Å². The molecule has 0 fully saturated rings. The van der Waals surface area contributed by atoms with Crippen LogP contribution >= 0.6 is 0 Å². The highest BCUT2D eigenvalue weighted by Gasteiger charge is 2.10. The van der Waals surface area contributed by atoms with Gasteiger partial charge in [-0.05, 0) is 17.7 Å². The predicted octanol–water partition coefficient (Wildman–Crippen LogP) is 4.19. The van der Waals surface area contributed by atoms with Crippen molar-refractivity contribution >= 4 is 6.21 Å². The molecule has 2 rings (SSSR count). The highest BCUT2D eigenvalue weighted by molar-refractivity contribution is 5.81. The molecule has 2 aromatic carbocycles. The number of hydrogen-bond donors (Lipinski definition) is 0. The van der Waals surface area contributed by atoms with E-state index in [1.807, 2.05) is 0 Å². The van der Waals surface area contributed by atoms with E-state index in [9.17, 15) is 13.2 Å². The van der Waals surface area contributed by atoms with Gasteiger partial charge in [0, 0.05) is 11.1 Å². The number of rotatable bonds is 5. The Morgan fingerprint density at radius 2 is 1.75 bits per heavy atom. The van der Waals surface area contributed by atoms with Crippen LogP contribution in [0.15, 0.2) is 53.7 Å². The minimum Gasteiger partial charge on any atom is -0.390 e. The minimum atomic E-state index is -2.59. The first-order valence-electron chi connectivity index (χ1n) is 5.86. The molecule has 0 bridgehead atoms. The first-order chi connectivity index (χ1) is 9.66. The number of halogens is 3. The Morgan fingerprint density at radius 1 is 1.05 bits per heavy atom. The zero-order valence-corrected chi connectivity index (χ0v) is 10.4. The van der Waals surface area contributed by atoms with E-state index in [1.54, 1.807) is 18.2 Å². The van der Waals surface area contributed by atoms with Crippen molar-refractivity contribution in [2.24, 2.45) is 5.16 Å². The summed E-state index contributed by atoms with van der Waals surface area (Å²) in [7, 11) is 0.